The van der Waals surface area contributed by atoms with Gasteiger partial charge in [-0.05, 0) is 30.2 Å². The Kier molecular flexibility index (Phi) is 4.29. The lowest BCUT2D eigenvalue weighted by molar-refractivity contribution is 0.643. The maximum absolute atomic E-state index is 12.8. The lowest BCUT2D eigenvalue weighted by Crippen LogP contribution is -2.20. The molecule has 0 N–H and O–H groups in total. The highest BCUT2D eigenvalue weighted by molar-refractivity contribution is 6.24. The summed E-state index contributed by atoms with van der Waals surface area (Å²) in [7, 11) is 1.86. The molecule has 30 heavy (non-hydrogen) atoms. The van der Waals surface area contributed by atoms with Crippen molar-refractivity contribution in [1.29, 1.82) is 0 Å². The van der Waals surface area contributed by atoms with Crippen LogP contribution in [-0.2, 0) is 7.05 Å². The molecule has 0 spiro atoms. The average Bonchev–Trinajstić information content (AvgIpc) is 3.21. The third-order valence-corrected chi connectivity index (χ3v) is 5.54. The molecule has 3 aromatic carbocycles. The van der Waals surface area contributed by atoms with Crippen LogP contribution in [0.1, 0.15) is 22.4 Å². The Hall–Kier alpha value is -3.99. The van der Waals surface area contributed by atoms with Crippen molar-refractivity contribution in [2.24, 2.45) is 17.3 Å². The second-order valence-electron chi connectivity index (χ2n) is 7.27. The van der Waals surface area contributed by atoms with E-state index in [1.807, 2.05) is 73.3 Å². The van der Waals surface area contributed by atoms with Gasteiger partial charge in [0.15, 0.2) is 0 Å². The zero-order valence-electron chi connectivity index (χ0n) is 16.8. The van der Waals surface area contributed by atoms with Gasteiger partial charge in [0.1, 0.15) is 5.71 Å². The molecule has 0 bridgehead atoms. The molecule has 1 aromatic heterocycles. The van der Waals surface area contributed by atoms with Gasteiger partial charge in [0.25, 0.3) is 5.56 Å². The second-order valence-corrected chi connectivity index (χ2v) is 7.27. The molecule has 5 heteroatoms. The van der Waals surface area contributed by atoms with Crippen molar-refractivity contribution in [2.75, 3.05) is 0 Å². The fourth-order valence-electron chi connectivity index (χ4n) is 4.04. The first kappa shape index (κ1) is 18.1. The Bertz CT molecular complexity index is 1330. The SMILES string of the molecule is Cc1c(/C=N\N=C2c3ccccc3-c3ccccc32)n(C)n(-c2ccccc2)c1=O. The monoisotopic (exact) mass is 392 g/mol. The number of aromatic nitrogens is 2. The minimum atomic E-state index is -0.0608. The molecule has 1 aliphatic rings. The van der Waals surface area contributed by atoms with Crippen molar-refractivity contribution < 1.29 is 0 Å². The van der Waals surface area contributed by atoms with Crippen molar-refractivity contribution in [3.05, 3.63) is 112 Å². The van der Waals surface area contributed by atoms with Gasteiger partial charge in [-0.15, -0.1) is 5.10 Å². The molecule has 1 aliphatic carbocycles. The zero-order chi connectivity index (χ0) is 20.7. The van der Waals surface area contributed by atoms with Crippen LogP contribution in [0.5, 0.6) is 0 Å². The molecule has 0 saturated heterocycles. The highest BCUT2D eigenvalue weighted by Crippen LogP contribution is 2.36. The van der Waals surface area contributed by atoms with Gasteiger partial charge in [-0.3, -0.25) is 9.48 Å². The minimum absolute atomic E-state index is 0.0608. The average molecular weight is 392 g/mol. The van der Waals surface area contributed by atoms with Crippen molar-refractivity contribution in [3.63, 3.8) is 0 Å². The molecule has 146 valence electrons. The Morgan fingerprint density at radius 2 is 1.30 bits per heavy atom. The van der Waals surface area contributed by atoms with Gasteiger partial charge in [0.2, 0.25) is 0 Å². The molecule has 0 amide bonds. The van der Waals surface area contributed by atoms with E-state index >= 15 is 0 Å². The Morgan fingerprint density at radius 1 is 0.767 bits per heavy atom. The summed E-state index contributed by atoms with van der Waals surface area (Å²) in [5.74, 6) is 0. The summed E-state index contributed by atoms with van der Waals surface area (Å²) in [5.41, 5.74) is 7.45. The van der Waals surface area contributed by atoms with Gasteiger partial charge in [-0.2, -0.15) is 5.10 Å². The van der Waals surface area contributed by atoms with Gasteiger partial charge >= 0.3 is 0 Å². The summed E-state index contributed by atoms with van der Waals surface area (Å²) in [6.07, 6.45) is 1.66. The summed E-state index contributed by atoms with van der Waals surface area (Å²) in [6.45, 7) is 1.82. The van der Waals surface area contributed by atoms with E-state index in [0.717, 1.165) is 28.2 Å². The number of fused-ring (bicyclic) bond motifs is 3. The Labute approximate surface area is 174 Å². The first-order valence-corrected chi connectivity index (χ1v) is 9.81. The summed E-state index contributed by atoms with van der Waals surface area (Å²) >= 11 is 0. The zero-order valence-corrected chi connectivity index (χ0v) is 16.8. The summed E-state index contributed by atoms with van der Waals surface area (Å²) in [6, 6.07) is 26.0. The third kappa shape index (κ3) is 2.75. The van der Waals surface area contributed by atoms with Crippen LogP contribution in [0.15, 0.2) is 93.9 Å². The number of hydrogen-bond donors (Lipinski definition) is 0. The molecule has 0 aliphatic heterocycles. The van der Waals surface area contributed by atoms with Crippen molar-refractivity contribution in [1.82, 2.24) is 9.36 Å². The molecule has 0 saturated carbocycles. The normalized spacial score (nSPS) is 12.3. The Morgan fingerprint density at radius 3 is 1.90 bits per heavy atom. The molecule has 0 radical (unpaired) electrons. The molecule has 1 heterocycles. The van der Waals surface area contributed by atoms with Crippen LogP contribution in [0.2, 0.25) is 0 Å². The third-order valence-electron chi connectivity index (χ3n) is 5.54. The lowest BCUT2D eigenvalue weighted by atomic mass is 10.1. The van der Waals surface area contributed by atoms with Crippen molar-refractivity contribution in [2.45, 2.75) is 6.92 Å². The number of nitrogens with zero attached hydrogens (tertiary/aromatic N) is 4. The highest BCUT2D eigenvalue weighted by Gasteiger charge is 2.24. The van der Waals surface area contributed by atoms with Gasteiger partial charge in [-0.25, -0.2) is 4.68 Å². The molecule has 5 rings (SSSR count). The molecule has 5 nitrogen and oxygen atoms in total. The van der Waals surface area contributed by atoms with E-state index < -0.39 is 0 Å². The molecule has 0 unspecified atom stereocenters. The smallest absolute Gasteiger partial charge is 0.274 e. The topological polar surface area (TPSA) is 51.6 Å². The van der Waals surface area contributed by atoms with E-state index in [4.69, 9.17) is 0 Å². The van der Waals surface area contributed by atoms with Gasteiger partial charge in [0.05, 0.1) is 17.6 Å². The minimum Gasteiger partial charge on any atom is -0.279 e. The van der Waals surface area contributed by atoms with Gasteiger partial charge < -0.3 is 0 Å². The number of hydrogen-bond acceptors (Lipinski definition) is 3. The molecule has 4 aromatic rings. The lowest BCUT2D eigenvalue weighted by Gasteiger charge is -2.07. The largest absolute Gasteiger partial charge is 0.279 e. The van der Waals surface area contributed by atoms with E-state index in [1.165, 1.54) is 11.1 Å². The molecule has 0 fully saturated rings. The van der Waals surface area contributed by atoms with Crippen molar-refractivity contribution >= 4 is 11.9 Å². The summed E-state index contributed by atoms with van der Waals surface area (Å²) < 4.78 is 3.46. The quantitative estimate of drug-likeness (QED) is 0.333. The summed E-state index contributed by atoms with van der Waals surface area (Å²) in [4.78, 5) is 12.8. The fraction of sp³-hybridized carbons (Fsp3) is 0.0800. The second kappa shape index (κ2) is 7.12. The van der Waals surface area contributed by atoms with Crippen LogP contribution in [0.4, 0.5) is 0 Å². The Balaban J connectivity index is 1.58. The molecular formula is C25H20N4O. The maximum Gasteiger partial charge on any atom is 0.274 e. The predicted molar refractivity (Wildman–Crippen MR) is 121 cm³/mol. The van der Waals surface area contributed by atoms with Crippen LogP contribution in [0.3, 0.4) is 0 Å². The standard InChI is InChI=1S/C25H20N4O/c1-17-23(28(2)29(25(17)30)18-10-4-3-5-11-18)16-26-27-24-21-14-8-6-12-19(21)20-13-7-9-15-22(20)24/h3-16H,1-2H3/b26-16-. The predicted octanol–water partition coefficient (Wildman–Crippen LogP) is 4.34. The van der Waals surface area contributed by atoms with Crippen LogP contribution in [0, 0.1) is 6.92 Å². The first-order valence-electron chi connectivity index (χ1n) is 9.81. The van der Waals surface area contributed by atoms with E-state index in [0.29, 0.717) is 5.56 Å². The molecule has 0 atom stereocenters. The van der Waals surface area contributed by atoms with E-state index in [1.54, 1.807) is 10.9 Å². The van der Waals surface area contributed by atoms with Crippen LogP contribution >= 0.6 is 0 Å². The van der Waals surface area contributed by atoms with Crippen LogP contribution < -0.4 is 5.56 Å². The van der Waals surface area contributed by atoms with E-state index in [9.17, 15) is 4.79 Å². The first-order chi connectivity index (χ1) is 14.7. The van der Waals surface area contributed by atoms with Gasteiger partial charge in [0, 0.05) is 23.7 Å². The number of benzene rings is 3. The highest BCUT2D eigenvalue weighted by atomic mass is 16.1. The van der Waals surface area contributed by atoms with E-state index in [-0.39, 0.29) is 5.56 Å². The van der Waals surface area contributed by atoms with Crippen molar-refractivity contribution in [3.8, 4) is 16.8 Å². The fourth-order valence-corrected chi connectivity index (χ4v) is 4.04. The molecular weight excluding hydrogens is 372 g/mol. The van der Waals surface area contributed by atoms with Crippen LogP contribution in [-0.4, -0.2) is 21.3 Å². The van der Waals surface area contributed by atoms with Crippen LogP contribution in [0.25, 0.3) is 16.8 Å². The number of rotatable bonds is 3. The number of para-hydroxylation sites is 1. The van der Waals surface area contributed by atoms with Gasteiger partial charge in [-0.1, -0.05) is 66.7 Å². The van der Waals surface area contributed by atoms with E-state index in [2.05, 4.69) is 34.5 Å². The maximum atomic E-state index is 12.8. The summed E-state index contributed by atoms with van der Waals surface area (Å²) in [5, 5.41) is 8.94.